The maximum atomic E-state index is 12.9. The Morgan fingerprint density at radius 1 is 1.27 bits per heavy atom. The highest BCUT2D eigenvalue weighted by Crippen LogP contribution is 2.16. The van der Waals surface area contributed by atoms with Crippen LogP contribution in [0.4, 0.5) is 0 Å². The van der Waals surface area contributed by atoms with Crippen molar-refractivity contribution in [1.29, 1.82) is 0 Å². The van der Waals surface area contributed by atoms with E-state index in [2.05, 4.69) is 10.3 Å². The Bertz CT molecular complexity index is 1100. The first kappa shape index (κ1) is 21.8. The Labute approximate surface area is 179 Å². The summed E-state index contributed by atoms with van der Waals surface area (Å²) in [4.78, 5) is 29.7. The van der Waals surface area contributed by atoms with Crippen LogP contribution in [0, 0.1) is 13.8 Å². The quantitative estimate of drug-likeness (QED) is 0.574. The van der Waals surface area contributed by atoms with Crippen molar-refractivity contribution in [3.8, 4) is 0 Å². The molecule has 3 rings (SSSR count). The van der Waals surface area contributed by atoms with E-state index in [1.165, 1.54) is 0 Å². The number of hydrogen-bond acceptors (Lipinski definition) is 5. The van der Waals surface area contributed by atoms with Crippen molar-refractivity contribution >= 4 is 17.5 Å². The molecule has 7 nitrogen and oxygen atoms in total. The van der Waals surface area contributed by atoms with E-state index >= 15 is 0 Å². The van der Waals surface area contributed by atoms with Gasteiger partial charge in [0.15, 0.2) is 5.89 Å². The third-order valence-corrected chi connectivity index (χ3v) is 5.21. The number of aromatic nitrogens is 2. The van der Waals surface area contributed by atoms with Gasteiger partial charge in [0.2, 0.25) is 5.91 Å². The zero-order valence-electron chi connectivity index (χ0n) is 17.1. The molecule has 3 N–H and O–H groups in total. The van der Waals surface area contributed by atoms with E-state index in [0.717, 1.165) is 22.4 Å². The molecule has 0 atom stereocenters. The number of benzene rings is 1. The minimum absolute atomic E-state index is 0.00704. The first-order valence-corrected chi connectivity index (χ1v) is 10.1. The van der Waals surface area contributed by atoms with Crippen molar-refractivity contribution in [1.82, 2.24) is 14.9 Å². The van der Waals surface area contributed by atoms with Gasteiger partial charge in [-0.25, -0.2) is 4.98 Å². The van der Waals surface area contributed by atoms with E-state index in [0.29, 0.717) is 42.5 Å². The number of amides is 1. The van der Waals surface area contributed by atoms with Crippen LogP contribution in [0.5, 0.6) is 0 Å². The second-order valence-corrected chi connectivity index (χ2v) is 7.59. The molecular weight excluding hydrogens is 404 g/mol. The number of carbonyl (C=O) groups is 1. The number of nitrogens with one attached hydrogen (secondary N) is 1. The maximum Gasteiger partial charge on any atom is 0.254 e. The maximum absolute atomic E-state index is 12.9. The fourth-order valence-corrected chi connectivity index (χ4v) is 3.43. The third kappa shape index (κ3) is 5.37. The first-order valence-electron chi connectivity index (χ1n) is 9.71. The Morgan fingerprint density at radius 3 is 2.77 bits per heavy atom. The standard InChI is InChI=1S/C22H25ClN4O3/c1-14-5-7-27(8-6-19-13-30-15(2)26-19)22(29)20(14)10-21(28)25-12-17-9-18(23)4-3-16(17)11-24/h3-5,7,9,13H,6,8,10-12,24H2,1-2H3,(H,25,28). The molecule has 2 aromatic heterocycles. The SMILES string of the molecule is Cc1nc(CCn2ccc(C)c(CC(=O)NCc3cc(Cl)ccc3CN)c2=O)co1. The lowest BCUT2D eigenvalue weighted by atomic mass is 10.1. The fourth-order valence-electron chi connectivity index (χ4n) is 3.24. The zero-order chi connectivity index (χ0) is 21.7. The number of rotatable bonds is 8. The Balaban J connectivity index is 1.67. The Morgan fingerprint density at radius 2 is 2.07 bits per heavy atom. The number of pyridine rings is 1. The lowest BCUT2D eigenvalue weighted by Gasteiger charge is -2.12. The minimum atomic E-state index is -0.233. The van der Waals surface area contributed by atoms with Gasteiger partial charge in [-0.15, -0.1) is 0 Å². The fraction of sp³-hybridized carbons (Fsp3) is 0.318. The number of carbonyl (C=O) groups excluding carboxylic acids is 1. The van der Waals surface area contributed by atoms with E-state index in [9.17, 15) is 9.59 Å². The molecule has 0 unspecified atom stereocenters. The van der Waals surface area contributed by atoms with Crippen molar-refractivity contribution in [2.45, 2.75) is 46.3 Å². The van der Waals surface area contributed by atoms with E-state index in [1.807, 2.05) is 19.1 Å². The highest BCUT2D eigenvalue weighted by atomic mass is 35.5. The summed E-state index contributed by atoms with van der Waals surface area (Å²) in [7, 11) is 0. The van der Waals surface area contributed by atoms with Crippen LogP contribution >= 0.6 is 11.6 Å². The lowest BCUT2D eigenvalue weighted by Crippen LogP contribution is -2.31. The Kier molecular flexibility index (Phi) is 7.07. The van der Waals surface area contributed by atoms with Crippen molar-refractivity contribution in [3.05, 3.63) is 85.9 Å². The summed E-state index contributed by atoms with van der Waals surface area (Å²) >= 11 is 6.05. The molecule has 1 aromatic carbocycles. The summed E-state index contributed by atoms with van der Waals surface area (Å²) in [5.41, 5.74) is 9.42. The summed E-state index contributed by atoms with van der Waals surface area (Å²) in [6.45, 7) is 4.73. The smallest absolute Gasteiger partial charge is 0.254 e. The molecule has 8 heteroatoms. The predicted octanol–water partition coefficient (Wildman–Crippen LogP) is 2.67. The summed E-state index contributed by atoms with van der Waals surface area (Å²) in [6.07, 6.45) is 3.91. The van der Waals surface area contributed by atoms with Crippen molar-refractivity contribution in [3.63, 3.8) is 0 Å². The normalized spacial score (nSPS) is 10.9. The molecule has 0 radical (unpaired) electrons. The molecule has 2 heterocycles. The van der Waals surface area contributed by atoms with Crippen LogP contribution < -0.4 is 16.6 Å². The molecule has 0 aliphatic carbocycles. The molecule has 0 spiro atoms. The molecule has 30 heavy (non-hydrogen) atoms. The van der Waals surface area contributed by atoms with Crippen LogP contribution in [0.2, 0.25) is 5.02 Å². The molecule has 0 bridgehead atoms. The van der Waals surface area contributed by atoms with Crippen LogP contribution in [-0.4, -0.2) is 15.5 Å². The third-order valence-electron chi connectivity index (χ3n) is 4.98. The predicted molar refractivity (Wildman–Crippen MR) is 115 cm³/mol. The van der Waals surface area contributed by atoms with Crippen molar-refractivity contribution < 1.29 is 9.21 Å². The number of hydrogen-bond donors (Lipinski definition) is 2. The van der Waals surface area contributed by atoms with Crippen LogP contribution in [0.1, 0.15) is 33.8 Å². The molecule has 0 saturated carbocycles. The minimum Gasteiger partial charge on any atom is -0.449 e. The average Bonchev–Trinajstić information content (AvgIpc) is 3.14. The van der Waals surface area contributed by atoms with Gasteiger partial charge in [0, 0.05) is 49.8 Å². The molecule has 1 amide bonds. The molecule has 158 valence electrons. The van der Waals surface area contributed by atoms with Gasteiger partial charge < -0.3 is 20.0 Å². The summed E-state index contributed by atoms with van der Waals surface area (Å²) < 4.78 is 6.80. The Hall–Kier alpha value is -2.90. The van der Waals surface area contributed by atoms with Crippen LogP contribution in [0.25, 0.3) is 0 Å². The van der Waals surface area contributed by atoms with Gasteiger partial charge in [0.05, 0.1) is 12.1 Å². The van der Waals surface area contributed by atoms with E-state index in [1.54, 1.807) is 36.1 Å². The van der Waals surface area contributed by atoms with Gasteiger partial charge in [-0.1, -0.05) is 17.7 Å². The molecule has 3 aromatic rings. The lowest BCUT2D eigenvalue weighted by molar-refractivity contribution is -0.120. The molecular formula is C22H25ClN4O3. The first-order chi connectivity index (χ1) is 14.4. The molecule has 0 aliphatic heterocycles. The van der Waals surface area contributed by atoms with Gasteiger partial charge in [-0.2, -0.15) is 0 Å². The number of aryl methyl sites for hydroxylation is 4. The van der Waals surface area contributed by atoms with Gasteiger partial charge in [-0.05, 0) is 41.8 Å². The van der Waals surface area contributed by atoms with Crippen molar-refractivity contribution in [2.75, 3.05) is 0 Å². The highest BCUT2D eigenvalue weighted by molar-refractivity contribution is 6.30. The highest BCUT2D eigenvalue weighted by Gasteiger charge is 2.13. The van der Waals surface area contributed by atoms with Crippen LogP contribution in [0.15, 0.2) is 45.9 Å². The molecule has 0 saturated heterocycles. The molecule has 0 fully saturated rings. The number of oxazole rings is 1. The van der Waals surface area contributed by atoms with Crippen LogP contribution in [-0.2, 0) is 37.3 Å². The zero-order valence-corrected chi connectivity index (χ0v) is 17.8. The molecule has 0 aliphatic rings. The van der Waals surface area contributed by atoms with E-state index in [4.69, 9.17) is 21.8 Å². The van der Waals surface area contributed by atoms with Gasteiger partial charge >= 0.3 is 0 Å². The van der Waals surface area contributed by atoms with Crippen LogP contribution in [0.3, 0.4) is 0 Å². The van der Waals surface area contributed by atoms with Crippen molar-refractivity contribution in [2.24, 2.45) is 5.73 Å². The summed E-state index contributed by atoms with van der Waals surface area (Å²) in [5.74, 6) is 0.360. The monoisotopic (exact) mass is 428 g/mol. The summed E-state index contributed by atoms with van der Waals surface area (Å²) in [5, 5.41) is 3.44. The number of nitrogens with zero attached hydrogens (tertiary/aromatic N) is 2. The van der Waals surface area contributed by atoms with Gasteiger partial charge in [0.25, 0.3) is 5.56 Å². The van der Waals surface area contributed by atoms with E-state index in [-0.39, 0.29) is 17.9 Å². The largest absolute Gasteiger partial charge is 0.449 e. The number of nitrogens with two attached hydrogens (primary N) is 1. The average molecular weight is 429 g/mol. The van der Waals surface area contributed by atoms with Gasteiger partial charge in [-0.3, -0.25) is 9.59 Å². The number of halogens is 1. The topological polar surface area (TPSA) is 103 Å². The second kappa shape index (κ2) is 9.73. The second-order valence-electron chi connectivity index (χ2n) is 7.15. The summed E-state index contributed by atoms with van der Waals surface area (Å²) in [6, 6.07) is 7.25. The van der Waals surface area contributed by atoms with E-state index < -0.39 is 0 Å². The van der Waals surface area contributed by atoms with Gasteiger partial charge in [0.1, 0.15) is 6.26 Å².